The summed E-state index contributed by atoms with van der Waals surface area (Å²) in [6.07, 6.45) is 0.289. The molecule has 0 saturated heterocycles. The van der Waals surface area contributed by atoms with Crippen LogP contribution in [-0.2, 0) is 0 Å². The first-order valence-corrected chi connectivity index (χ1v) is 5.04. The van der Waals surface area contributed by atoms with E-state index >= 15 is 0 Å². The van der Waals surface area contributed by atoms with Crippen molar-refractivity contribution in [1.29, 1.82) is 0 Å². The fourth-order valence-electron chi connectivity index (χ4n) is 1.16. The summed E-state index contributed by atoms with van der Waals surface area (Å²) in [6.45, 7) is 1.94. The van der Waals surface area contributed by atoms with Crippen molar-refractivity contribution >= 4 is 21.7 Å². The molecule has 0 aromatic heterocycles. The van der Waals surface area contributed by atoms with Crippen molar-refractivity contribution in [2.75, 3.05) is 6.54 Å². The van der Waals surface area contributed by atoms with E-state index in [0.717, 1.165) is 0 Å². The Morgan fingerprint density at radius 3 is 2.71 bits per heavy atom. The van der Waals surface area contributed by atoms with Gasteiger partial charge in [-0.15, -0.1) is 0 Å². The lowest BCUT2D eigenvalue weighted by Gasteiger charge is -2.04. The number of ketones is 1. The molecule has 1 rings (SSSR count). The van der Waals surface area contributed by atoms with Gasteiger partial charge >= 0.3 is 0 Å². The number of rotatable bonds is 3. The molecule has 14 heavy (non-hydrogen) atoms. The normalized spacial score (nSPS) is 10.3. The lowest BCUT2D eigenvalue weighted by atomic mass is 10.1. The second-order valence-corrected chi connectivity index (χ2v) is 3.91. The standard InChI is InChI=1S/C10H11BrFNO/c1-6-4-7(9(14)2-3-13)5-8(11)10(6)12/h4-5H,2-3,13H2,1H3. The van der Waals surface area contributed by atoms with Crippen LogP contribution in [-0.4, -0.2) is 12.3 Å². The molecule has 0 heterocycles. The fourth-order valence-corrected chi connectivity index (χ4v) is 1.72. The van der Waals surface area contributed by atoms with Gasteiger partial charge in [0, 0.05) is 12.0 Å². The van der Waals surface area contributed by atoms with Gasteiger partial charge in [0.2, 0.25) is 0 Å². The summed E-state index contributed by atoms with van der Waals surface area (Å²) in [5.74, 6) is -0.384. The van der Waals surface area contributed by atoms with Crippen LogP contribution in [0.4, 0.5) is 4.39 Å². The summed E-state index contributed by atoms with van der Waals surface area (Å²) in [5, 5.41) is 0. The summed E-state index contributed by atoms with van der Waals surface area (Å²) in [7, 11) is 0. The topological polar surface area (TPSA) is 43.1 Å². The van der Waals surface area contributed by atoms with E-state index in [1.807, 2.05) is 0 Å². The van der Waals surface area contributed by atoms with E-state index in [-0.39, 0.29) is 18.0 Å². The summed E-state index contributed by atoms with van der Waals surface area (Å²) < 4.78 is 13.5. The van der Waals surface area contributed by atoms with Crippen molar-refractivity contribution in [3.05, 3.63) is 33.5 Å². The molecule has 0 aliphatic rings. The van der Waals surface area contributed by atoms with Crippen LogP contribution in [0.15, 0.2) is 16.6 Å². The Balaban J connectivity index is 3.06. The number of hydrogen-bond donors (Lipinski definition) is 1. The monoisotopic (exact) mass is 259 g/mol. The van der Waals surface area contributed by atoms with Crippen LogP contribution < -0.4 is 5.73 Å². The summed E-state index contributed by atoms with van der Waals surface area (Å²) in [5.41, 5.74) is 6.23. The second-order valence-electron chi connectivity index (χ2n) is 3.05. The minimum absolute atomic E-state index is 0.0590. The Kier molecular flexibility index (Phi) is 3.77. The van der Waals surface area contributed by atoms with Crippen molar-refractivity contribution < 1.29 is 9.18 Å². The van der Waals surface area contributed by atoms with E-state index in [4.69, 9.17) is 5.73 Å². The van der Waals surface area contributed by atoms with Crippen molar-refractivity contribution in [3.8, 4) is 0 Å². The quantitative estimate of drug-likeness (QED) is 0.848. The Morgan fingerprint density at radius 1 is 1.57 bits per heavy atom. The molecular weight excluding hydrogens is 249 g/mol. The first kappa shape index (κ1) is 11.3. The van der Waals surface area contributed by atoms with Crippen LogP contribution in [0.2, 0.25) is 0 Å². The molecule has 1 aromatic carbocycles. The van der Waals surface area contributed by atoms with Crippen LogP contribution >= 0.6 is 15.9 Å². The van der Waals surface area contributed by atoms with Gasteiger partial charge in [-0.25, -0.2) is 4.39 Å². The highest BCUT2D eigenvalue weighted by atomic mass is 79.9. The largest absolute Gasteiger partial charge is 0.330 e. The molecule has 0 bridgehead atoms. The third kappa shape index (κ3) is 2.39. The SMILES string of the molecule is Cc1cc(C(=O)CCN)cc(Br)c1F. The zero-order valence-electron chi connectivity index (χ0n) is 7.81. The zero-order valence-corrected chi connectivity index (χ0v) is 9.40. The molecule has 0 saturated carbocycles. The van der Waals surface area contributed by atoms with Gasteiger partial charge in [0.25, 0.3) is 0 Å². The van der Waals surface area contributed by atoms with Crippen molar-refractivity contribution in [2.24, 2.45) is 5.73 Å². The van der Waals surface area contributed by atoms with Gasteiger partial charge in [-0.2, -0.15) is 0 Å². The third-order valence-electron chi connectivity index (χ3n) is 1.90. The van der Waals surface area contributed by atoms with Gasteiger partial charge in [0.1, 0.15) is 5.82 Å². The maximum Gasteiger partial charge on any atom is 0.164 e. The van der Waals surface area contributed by atoms with Gasteiger partial charge in [0.15, 0.2) is 5.78 Å². The van der Waals surface area contributed by atoms with Gasteiger partial charge in [0.05, 0.1) is 4.47 Å². The number of Topliss-reactive ketones (excluding diaryl/α,β-unsaturated/α-hetero) is 1. The number of carbonyl (C=O) groups is 1. The molecule has 2 nitrogen and oxygen atoms in total. The maximum absolute atomic E-state index is 13.2. The van der Waals surface area contributed by atoms with Gasteiger partial charge in [-0.05, 0) is 47.1 Å². The average molecular weight is 260 g/mol. The van der Waals surface area contributed by atoms with Crippen LogP contribution in [0.25, 0.3) is 0 Å². The molecule has 0 amide bonds. The molecule has 0 spiro atoms. The Bertz CT molecular complexity index is 342. The fraction of sp³-hybridized carbons (Fsp3) is 0.300. The molecule has 0 aliphatic heterocycles. The molecule has 4 heteroatoms. The van der Waals surface area contributed by atoms with E-state index in [0.29, 0.717) is 22.1 Å². The highest BCUT2D eigenvalue weighted by molar-refractivity contribution is 9.10. The van der Waals surface area contributed by atoms with E-state index in [1.54, 1.807) is 6.92 Å². The summed E-state index contributed by atoms with van der Waals surface area (Å²) >= 11 is 3.06. The number of carbonyl (C=O) groups excluding carboxylic acids is 1. The van der Waals surface area contributed by atoms with Crippen molar-refractivity contribution in [3.63, 3.8) is 0 Å². The first-order chi connectivity index (χ1) is 6.56. The molecule has 0 fully saturated rings. The minimum Gasteiger partial charge on any atom is -0.330 e. The number of benzene rings is 1. The Morgan fingerprint density at radius 2 is 2.21 bits per heavy atom. The molecular formula is C10H11BrFNO. The molecule has 1 aromatic rings. The number of nitrogens with two attached hydrogens (primary N) is 1. The highest BCUT2D eigenvalue weighted by Crippen LogP contribution is 2.21. The summed E-state index contributed by atoms with van der Waals surface area (Å²) in [6, 6.07) is 3.03. The van der Waals surface area contributed by atoms with Gasteiger partial charge in [-0.3, -0.25) is 4.79 Å². The predicted molar refractivity (Wildman–Crippen MR) is 56.8 cm³/mol. The van der Waals surface area contributed by atoms with Crippen LogP contribution in [0, 0.1) is 12.7 Å². The molecule has 0 atom stereocenters. The molecule has 76 valence electrons. The first-order valence-electron chi connectivity index (χ1n) is 4.25. The lowest BCUT2D eigenvalue weighted by Crippen LogP contribution is -2.08. The van der Waals surface area contributed by atoms with Crippen LogP contribution in [0.5, 0.6) is 0 Å². The predicted octanol–water partition coefficient (Wildman–Crippen LogP) is 2.43. The molecule has 2 N–H and O–H groups in total. The van der Waals surface area contributed by atoms with E-state index in [1.165, 1.54) is 12.1 Å². The van der Waals surface area contributed by atoms with E-state index in [9.17, 15) is 9.18 Å². The van der Waals surface area contributed by atoms with E-state index in [2.05, 4.69) is 15.9 Å². The average Bonchev–Trinajstić information content (AvgIpc) is 2.13. The third-order valence-corrected chi connectivity index (χ3v) is 2.48. The summed E-state index contributed by atoms with van der Waals surface area (Å²) in [4.78, 5) is 11.4. The molecule has 0 aliphatic carbocycles. The van der Waals surface area contributed by atoms with Gasteiger partial charge in [-0.1, -0.05) is 0 Å². The minimum atomic E-state index is -0.325. The molecule has 0 radical (unpaired) electrons. The highest BCUT2D eigenvalue weighted by Gasteiger charge is 2.10. The van der Waals surface area contributed by atoms with Crippen molar-refractivity contribution in [1.82, 2.24) is 0 Å². The Labute approximate surface area is 90.4 Å². The van der Waals surface area contributed by atoms with Crippen LogP contribution in [0.1, 0.15) is 22.3 Å². The van der Waals surface area contributed by atoms with Crippen LogP contribution in [0.3, 0.4) is 0 Å². The number of aryl methyl sites for hydroxylation is 1. The van der Waals surface area contributed by atoms with Gasteiger partial charge < -0.3 is 5.73 Å². The maximum atomic E-state index is 13.2. The zero-order chi connectivity index (χ0) is 10.7. The molecule has 0 unspecified atom stereocenters. The van der Waals surface area contributed by atoms with Crippen molar-refractivity contribution in [2.45, 2.75) is 13.3 Å². The smallest absolute Gasteiger partial charge is 0.164 e. The Hall–Kier alpha value is -0.740. The number of halogens is 2. The lowest BCUT2D eigenvalue weighted by molar-refractivity contribution is 0.0985. The second kappa shape index (κ2) is 4.66. The number of hydrogen-bond acceptors (Lipinski definition) is 2. The van der Waals surface area contributed by atoms with E-state index < -0.39 is 0 Å².